The first-order valence-electron chi connectivity index (χ1n) is 6.21. The summed E-state index contributed by atoms with van der Waals surface area (Å²) in [6.07, 6.45) is 1.67. The van der Waals surface area contributed by atoms with Gasteiger partial charge in [-0.25, -0.2) is 13.1 Å². The van der Waals surface area contributed by atoms with Crippen molar-refractivity contribution in [3.05, 3.63) is 36.0 Å². The first kappa shape index (κ1) is 15.4. The van der Waals surface area contributed by atoms with Gasteiger partial charge >= 0.3 is 0 Å². The minimum atomic E-state index is -3.59. The second kappa shape index (κ2) is 5.42. The molecule has 0 fully saturated rings. The molecule has 0 atom stereocenters. The highest BCUT2D eigenvalue weighted by Gasteiger charge is 2.26. The van der Waals surface area contributed by atoms with Crippen LogP contribution >= 0.6 is 15.9 Å². The summed E-state index contributed by atoms with van der Waals surface area (Å²) >= 11 is 3.32. The van der Waals surface area contributed by atoms with Gasteiger partial charge in [-0.1, -0.05) is 22.0 Å². The van der Waals surface area contributed by atoms with Gasteiger partial charge in [0.15, 0.2) is 0 Å². The van der Waals surface area contributed by atoms with Crippen LogP contribution in [0, 0.1) is 6.92 Å². The fourth-order valence-electron chi connectivity index (χ4n) is 1.97. The largest absolute Gasteiger partial charge is 0.256 e. The average molecular weight is 357 g/mol. The highest BCUT2D eigenvalue weighted by atomic mass is 79.9. The molecule has 1 N–H and O–H groups in total. The number of rotatable bonds is 4. The lowest BCUT2D eigenvalue weighted by Gasteiger charge is -2.23. The maximum Gasteiger partial charge on any atom is 0.241 e. The molecule has 20 heavy (non-hydrogen) atoms. The SMILES string of the molecule is Cc1ccc(S(=O)(=O)NC(C)(C)CBr)c2cccnc12. The molecule has 0 bridgehead atoms. The molecule has 0 amide bonds. The summed E-state index contributed by atoms with van der Waals surface area (Å²) in [5.41, 5.74) is 1.12. The van der Waals surface area contributed by atoms with Gasteiger partial charge in [0.05, 0.1) is 10.4 Å². The zero-order valence-electron chi connectivity index (χ0n) is 11.6. The van der Waals surface area contributed by atoms with Crippen LogP contribution < -0.4 is 4.72 Å². The molecule has 6 heteroatoms. The highest BCUT2D eigenvalue weighted by molar-refractivity contribution is 9.09. The van der Waals surface area contributed by atoms with Crippen LogP contribution in [0.4, 0.5) is 0 Å². The summed E-state index contributed by atoms with van der Waals surface area (Å²) in [6.45, 7) is 5.57. The quantitative estimate of drug-likeness (QED) is 0.856. The van der Waals surface area contributed by atoms with Crippen LogP contribution in [0.5, 0.6) is 0 Å². The second-order valence-corrected chi connectivity index (χ2v) is 7.61. The number of halogens is 1. The summed E-state index contributed by atoms with van der Waals surface area (Å²) in [5.74, 6) is 0. The van der Waals surface area contributed by atoms with Crippen molar-refractivity contribution in [1.82, 2.24) is 9.71 Å². The maximum absolute atomic E-state index is 12.6. The van der Waals surface area contributed by atoms with Crippen LogP contribution in [0.3, 0.4) is 0 Å². The topological polar surface area (TPSA) is 59.1 Å². The molecular formula is C14H17BrN2O2S. The Bertz CT molecular complexity index is 742. The van der Waals surface area contributed by atoms with Crippen molar-refractivity contribution in [1.29, 1.82) is 0 Å². The van der Waals surface area contributed by atoms with E-state index in [1.54, 1.807) is 30.5 Å². The molecule has 0 spiro atoms. The zero-order chi connectivity index (χ0) is 15.0. The Morgan fingerprint density at radius 1 is 1.30 bits per heavy atom. The Labute approximate surface area is 127 Å². The van der Waals surface area contributed by atoms with E-state index in [0.717, 1.165) is 5.56 Å². The summed E-state index contributed by atoms with van der Waals surface area (Å²) in [4.78, 5) is 4.53. The molecule has 1 aromatic heterocycles. The summed E-state index contributed by atoms with van der Waals surface area (Å²) < 4.78 is 27.9. The molecule has 4 nitrogen and oxygen atoms in total. The molecule has 0 aliphatic heterocycles. The Morgan fingerprint density at radius 2 is 2.00 bits per heavy atom. The lowest BCUT2D eigenvalue weighted by molar-refractivity contribution is 0.501. The van der Waals surface area contributed by atoms with Gasteiger partial charge in [0, 0.05) is 22.5 Å². The predicted molar refractivity (Wildman–Crippen MR) is 84.7 cm³/mol. The molecule has 0 radical (unpaired) electrons. The third-order valence-electron chi connectivity index (χ3n) is 2.97. The standard InChI is InChI=1S/C14H17BrN2O2S/c1-10-6-7-12(11-5-4-8-16-13(10)11)20(18,19)17-14(2,3)9-15/h4-8,17H,9H2,1-3H3. The van der Waals surface area contributed by atoms with Gasteiger partial charge in [-0.05, 0) is 44.5 Å². The average Bonchev–Trinajstić information content (AvgIpc) is 2.38. The number of sulfonamides is 1. The lowest BCUT2D eigenvalue weighted by Crippen LogP contribution is -2.44. The number of hydrogen-bond acceptors (Lipinski definition) is 3. The van der Waals surface area contributed by atoms with Crippen LogP contribution in [-0.2, 0) is 10.0 Å². The number of pyridine rings is 1. The first-order chi connectivity index (χ1) is 9.27. The van der Waals surface area contributed by atoms with Crippen molar-refractivity contribution in [2.45, 2.75) is 31.2 Å². The number of fused-ring (bicyclic) bond motifs is 1. The Hall–Kier alpha value is -0.980. The minimum absolute atomic E-state index is 0.264. The Balaban J connectivity index is 2.61. The van der Waals surface area contributed by atoms with Gasteiger partial charge < -0.3 is 0 Å². The first-order valence-corrected chi connectivity index (χ1v) is 8.81. The number of aryl methyl sites for hydroxylation is 1. The van der Waals surface area contributed by atoms with Crippen molar-refractivity contribution in [2.24, 2.45) is 0 Å². The van der Waals surface area contributed by atoms with Gasteiger partial charge in [-0.3, -0.25) is 4.98 Å². The van der Waals surface area contributed by atoms with E-state index in [0.29, 0.717) is 16.2 Å². The molecule has 0 saturated carbocycles. The summed E-state index contributed by atoms with van der Waals surface area (Å²) in [5, 5.41) is 1.17. The van der Waals surface area contributed by atoms with Gasteiger partial charge in [0.1, 0.15) is 0 Å². The number of nitrogens with zero attached hydrogens (tertiary/aromatic N) is 1. The van der Waals surface area contributed by atoms with Gasteiger partial charge in [-0.15, -0.1) is 0 Å². The fourth-order valence-corrected chi connectivity index (χ4v) is 3.90. The van der Waals surface area contributed by atoms with E-state index in [1.807, 2.05) is 20.8 Å². The number of aromatic nitrogens is 1. The maximum atomic E-state index is 12.6. The molecule has 0 unspecified atom stereocenters. The molecule has 0 aliphatic rings. The van der Waals surface area contributed by atoms with Gasteiger partial charge in [0.25, 0.3) is 0 Å². The number of benzene rings is 1. The van der Waals surface area contributed by atoms with E-state index in [2.05, 4.69) is 25.6 Å². The third-order valence-corrected chi connectivity index (χ3v) is 6.12. The number of alkyl halides is 1. The van der Waals surface area contributed by atoms with Crippen LogP contribution in [0.1, 0.15) is 19.4 Å². The smallest absolute Gasteiger partial charge is 0.241 e. The lowest BCUT2D eigenvalue weighted by atomic mass is 10.1. The van der Waals surface area contributed by atoms with Crippen LogP contribution in [0.15, 0.2) is 35.4 Å². The van der Waals surface area contributed by atoms with Crippen LogP contribution in [0.25, 0.3) is 10.9 Å². The van der Waals surface area contributed by atoms with Crippen LogP contribution in [-0.4, -0.2) is 24.3 Å². The van der Waals surface area contributed by atoms with Gasteiger partial charge in [-0.2, -0.15) is 0 Å². The normalized spacial score (nSPS) is 12.8. The van der Waals surface area contributed by atoms with Crippen molar-refractivity contribution in [3.63, 3.8) is 0 Å². The molecule has 2 aromatic rings. The number of hydrogen-bond donors (Lipinski definition) is 1. The zero-order valence-corrected chi connectivity index (χ0v) is 14.0. The Kier molecular flexibility index (Phi) is 4.18. The van der Waals surface area contributed by atoms with Crippen molar-refractivity contribution in [2.75, 3.05) is 5.33 Å². The van der Waals surface area contributed by atoms with E-state index in [4.69, 9.17) is 0 Å². The summed E-state index contributed by atoms with van der Waals surface area (Å²) in [6, 6.07) is 6.94. The fraction of sp³-hybridized carbons (Fsp3) is 0.357. The number of nitrogens with one attached hydrogen (secondary N) is 1. The van der Waals surface area contributed by atoms with Crippen molar-refractivity contribution < 1.29 is 8.42 Å². The van der Waals surface area contributed by atoms with Crippen molar-refractivity contribution >= 4 is 36.9 Å². The van der Waals surface area contributed by atoms with E-state index >= 15 is 0 Å². The van der Waals surface area contributed by atoms with E-state index in [1.165, 1.54) is 0 Å². The monoisotopic (exact) mass is 356 g/mol. The third kappa shape index (κ3) is 3.02. The molecular weight excluding hydrogens is 340 g/mol. The van der Waals surface area contributed by atoms with Gasteiger partial charge in [0.2, 0.25) is 10.0 Å². The molecule has 0 saturated heterocycles. The van der Waals surface area contributed by atoms with Crippen molar-refractivity contribution in [3.8, 4) is 0 Å². The van der Waals surface area contributed by atoms with E-state index in [-0.39, 0.29) is 4.90 Å². The highest BCUT2D eigenvalue weighted by Crippen LogP contribution is 2.25. The molecule has 0 aliphatic carbocycles. The van der Waals surface area contributed by atoms with E-state index < -0.39 is 15.6 Å². The molecule has 108 valence electrons. The van der Waals surface area contributed by atoms with Crippen LogP contribution in [0.2, 0.25) is 0 Å². The molecule has 1 aromatic carbocycles. The molecule has 1 heterocycles. The second-order valence-electron chi connectivity index (χ2n) is 5.40. The summed E-state index contributed by atoms with van der Waals surface area (Å²) in [7, 11) is -3.59. The minimum Gasteiger partial charge on any atom is -0.256 e. The molecule has 2 rings (SSSR count). The Morgan fingerprint density at radius 3 is 2.65 bits per heavy atom. The predicted octanol–water partition coefficient (Wildman–Crippen LogP) is 3.00. The van der Waals surface area contributed by atoms with E-state index in [9.17, 15) is 8.42 Å².